The number of hydrogen-bond acceptors (Lipinski definition) is 0. The third-order valence-electron chi connectivity index (χ3n) is 6.18. The van der Waals surface area contributed by atoms with E-state index < -0.39 is 0 Å². The summed E-state index contributed by atoms with van der Waals surface area (Å²) in [7, 11) is 0. The van der Waals surface area contributed by atoms with Gasteiger partial charge in [0.15, 0.2) is 0 Å². The van der Waals surface area contributed by atoms with Crippen LogP contribution in [0.5, 0.6) is 0 Å². The van der Waals surface area contributed by atoms with Crippen LogP contribution >= 0.6 is 11.6 Å². The molecule has 0 atom stereocenters. The van der Waals surface area contributed by atoms with E-state index in [1.165, 1.54) is 50.1 Å². The Bertz CT molecular complexity index is 1100. The maximum absolute atomic E-state index is 6.24. The van der Waals surface area contributed by atoms with Crippen LogP contribution in [0.1, 0.15) is 69.4 Å². The van der Waals surface area contributed by atoms with E-state index in [0.717, 1.165) is 11.4 Å². The molecule has 0 saturated carbocycles. The van der Waals surface area contributed by atoms with Gasteiger partial charge in [0.05, 0.1) is 0 Å². The zero-order valence-electron chi connectivity index (χ0n) is 18.7. The maximum atomic E-state index is 6.24. The molecule has 29 heavy (non-hydrogen) atoms. The highest BCUT2D eigenvalue weighted by Crippen LogP contribution is 2.45. The zero-order valence-corrected chi connectivity index (χ0v) is 19.5. The van der Waals surface area contributed by atoms with Crippen molar-refractivity contribution < 1.29 is 0 Å². The van der Waals surface area contributed by atoms with E-state index in [-0.39, 0.29) is 10.8 Å². The molecule has 0 bridgehead atoms. The number of rotatable bonds is 1. The Morgan fingerprint density at radius 2 is 1.34 bits per heavy atom. The molecule has 0 spiro atoms. The van der Waals surface area contributed by atoms with Crippen molar-refractivity contribution >= 4 is 11.6 Å². The lowest BCUT2D eigenvalue weighted by molar-refractivity contribution is 0.590. The number of aryl methyl sites for hydroxylation is 1. The van der Waals surface area contributed by atoms with Crippen molar-refractivity contribution in [3.8, 4) is 22.3 Å². The normalized spacial score (nSPS) is 13.4. The van der Waals surface area contributed by atoms with E-state index in [4.69, 9.17) is 11.6 Å². The number of halogens is 1. The molecule has 3 aromatic rings. The van der Waals surface area contributed by atoms with Crippen molar-refractivity contribution in [1.29, 1.82) is 0 Å². The van der Waals surface area contributed by atoms with Gasteiger partial charge in [0.1, 0.15) is 0 Å². The molecule has 150 valence electrons. The standard InChI is InChI=1S/C28H31Cl/c1-17-12-21(29)10-11-22(17)25-14-19-13-18-8-9-20(27(2,3)4)15-23(18)24(19)16-26(25)28(5,6)7/h8-12,14-16H,13H2,1-7H3. The molecule has 0 fully saturated rings. The minimum absolute atomic E-state index is 0.0564. The number of benzene rings is 3. The molecule has 0 amide bonds. The summed E-state index contributed by atoms with van der Waals surface area (Å²) < 4.78 is 0. The van der Waals surface area contributed by atoms with Crippen molar-refractivity contribution in [2.24, 2.45) is 0 Å². The molecule has 0 nitrogen and oxygen atoms in total. The highest BCUT2D eigenvalue weighted by atomic mass is 35.5. The van der Waals surface area contributed by atoms with Gasteiger partial charge in [-0.1, -0.05) is 77.4 Å². The Morgan fingerprint density at radius 1 is 0.655 bits per heavy atom. The molecule has 0 unspecified atom stereocenters. The van der Waals surface area contributed by atoms with Gasteiger partial charge in [0, 0.05) is 5.02 Å². The van der Waals surface area contributed by atoms with Gasteiger partial charge in [0.2, 0.25) is 0 Å². The van der Waals surface area contributed by atoms with Crippen molar-refractivity contribution in [2.75, 3.05) is 0 Å². The Hall–Kier alpha value is -2.05. The summed E-state index contributed by atoms with van der Waals surface area (Å²) in [5.74, 6) is 0. The van der Waals surface area contributed by atoms with E-state index in [9.17, 15) is 0 Å². The lowest BCUT2D eigenvalue weighted by Gasteiger charge is -2.26. The smallest absolute Gasteiger partial charge is 0.0409 e. The molecule has 0 aromatic heterocycles. The van der Waals surface area contributed by atoms with Crippen LogP contribution in [0.4, 0.5) is 0 Å². The molecular weight excluding hydrogens is 372 g/mol. The van der Waals surface area contributed by atoms with Gasteiger partial charge < -0.3 is 0 Å². The summed E-state index contributed by atoms with van der Waals surface area (Å²) in [6.45, 7) is 16.0. The van der Waals surface area contributed by atoms with Crippen LogP contribution < -0.4 is 0 Å². The van der Waals surface area contributed by atoms with Gasteiger partial charge >= 0.3 is 0 Å². The fourth-order valence-corrected chi connectivity index (χ4v) is 4.69. The summed E-state index contributed by atoms with van der Waals surface area (Å²) >= 11 is 6.24. The van der Waals surface area contributed by atoms with Crippen LogP contribution in [0, 0.1) is 6.92 Å². The molecule has 0 radical (unpaired) electrons. The second kappa shape index (κ2) is 6.74. The SMILES string of the molecule is Cc1cc(Cl)ccc1-c1cc2c(cc1C(C)(C)C)-c1cc(C(C)(C)C)ccc1C2. The van der Waals surface area contributed by atoms with Gasteiger partial charge in [-0.15, -0.1) is 0 Å². The molecule has 0 aliphatic heterocycles. The molecule has 1 aliphatic rings. The second-order valence-corrected chi connectivity index (χ2v) is 11.0. The minimum atomic E-state index is 0.0564. The summed E-state index contributed by atoms with van der Waals surface area (Å²) in [5.41, 5.74) is 12.6. The van der Waals surface area contributed by atoms with Crippen LogP contribution in [-0.4, -0.2) is 0 Å². The van der Waals surface area contributed by atoms with Gasteiger partial charge in [-0.2, -0.15) is 0 Å². The van der Waals surface area contributed by atoms with Crippen LogP contribution in [0.15, 0.2) is 48.5 Å². The number of hydrogen-bond donors (Lipinski definition) is 0. The van der Waals surface area contributed by atoms with E-state index in [2.05, 4.69) is 90.9 Å². The average Bonchev–Trinajstić information content (AvgIpc) is 2.96. The largest absolute Gasteiger partial charge is 0.0843 e. The lowest BCUT2D eigenvalue weighted by atomic mass is 9.79. The van der Waals surface area contributed by atoms with Crippen molar-refractivity contribution in [3.63, 3.8) is 0 Å². The monoisotopic (exact) mass is 402 g/mol. The predicted molar refractivity (Wildman–Crippen MR) is 127 cm³/mol. The van der Waals surface area contributed by atoms with Gasteiger partial charge in [-0.05, 0) is 98.5 Å². The highest BCUT2D eigenvalue weighted by molar-refractivity contribution is 6.30. The maximum Gasteiger partial charge on any atom is 0.0409 e. The fraction of sp³-hybridized carbons (Fsp3) is 0.357. The van der Waals surface area contributed by atoms with E-state index >= 15 is 0 Å². The molecule has 4 rings (SSSR count). The first-order valence-corrected chi connectivity index (χ1v) is 10.9. The topological polar surface area (TPSA) is 0 Å². The van der Waals surface area contributed by atoms with E-state index in [1.54, 1.807) is 0 Å². The summed E-state index contributed by atoms with van der Waals surface area (Å²) in [6, 6.07) is 18.2. The molecule has 0 N–H and O–H groups in total. The Balaban J connectivity index is 1.95. The molecular formula is C28H31Cl. The summed E-state index contributed by atoms with van der Waals surface area (Å²) in [6.07, 6.45) is 1.01. The lowest BCUT2D eigenvalue weighted by Crippen LogP contribution is -2.13. The third-order valence-corrected chi connectivity index (χ3v) is 6.41. The number of fused-ring (bicyclic) bond motifs is 3. The van der Waals surface area contributed by atoms with Crippen molar-refractivity contribution in [1.82, 2.24) is 0 Å². The third kappa shape index (κ3) is 3.64. The molecule has 3 aromatic carbocycles. The van der Waals surface area contributed by atoms with E-state index in [1.807, 2.05) is 6.07 Å². The zero-order chi connectivity index (χ0) is 21.1. The molecule has 0 saturated heterocycles. The molecule has 1 heteroatoms. The molecule has 0 heterocycles. The van der Waals surface area contributed by atoms with Gasteiger partial charge in [-0.25, -0.2) is 0 Å². The van der Waals surface area contributed by atoms with Gasteiger partial charge in [-0.3, -0.25) is 0 Å². The van der Waals surface area contributed by atoms with Crippen molar-refractivity contribution in [3.05, 3.63) is 81.4 Å². The van der Waals surface area contributed by atoms with Crippen molar-refractivity contribution in [2.45, 2.75) is 65.7 Å². The predicted octanol–water partition coefficient (Wildman–Crippen LogP) is 8.48. The van der Waals surface area contributed by atoms with Crippen LogP contribution in [0.2, 0.25) is 5.02 Å². The quantitative estimate of drug-likeness (QED) is 0.299. The van der Waals surface area contributed by atoms with Gasteiger partial charge in [0.25, 0.3) is 0 Å². The minimum Gasteiger partial charge on any atom is -0.0843 e. The summed E-state index contributed by atoms with van der Waals surface area (Å²) in [4.78, 5) is 0. The summed E-state index contributed by atoms with van der Waals surface area (Å²) in [5, 5.41) is 0.798. The van der Waals surface area contributed by atoms with Crippen LogP contribution in [-0.2, 0) is 17.3 Å². The first-order valence-electron chi connectivity index (χ1n) is 10.5. The molecule has 1 aliphatic carbocycles. The van der Waals surface area contributed by atoms with E-state index in [0.29, 0.717) is 0 Å². The second-order valence-electron chi connectivity index (χ2n) is 10.6. The average molecular weight is 403 g/mol. The van der Waals surface area contributed by atoms with Crippen LogP contribution in [0.3, 0.4) is 0 Å². The first-order chi connectivity index (χ1) is 13.4. The Labute approximate surface area is 180 Å². The Kier molecular flexibility index (Phi) is 4.70. The first kappa shape index (κ1) is 20.2. The van der Waals surface area contributed by atoms with Crippen LogP contribution in [0.25, 0.3) is 22.3 Å². The fourth-order valence-electron chi connectivity index (χ4n) is 4.47. The highest BCUT2D eigenvalue weighted by Gasteiger charge is 2.27. The Morgan fingerprint density at radius 3 is 1.97 bits per heavy atom.